The molecule has 0 saturated heterocycles. The van der Waals surface area contributed by atoms with Crippen LogP contribution in [0.4, 0.5) is 8.78 Å². The Morgan fingerprint density at radius 1 is 0.952 bits per heavy atom. The molecule has 0 aliphatic rings. The molecule has 0 fully saturated rings. The Bertz CT molecular complexity index is 663. The van der Waals surface area contributed by atoms with E-state index in [-0.39, 0.29) is 11.3 Å². The van der Waals surface area contributed by atoms with E-state index in [9.17, 15) is 18.4 Å². The van der Waals surface area contributed by atoms with Gasteiger partial charge in [0.05, 0.1) is 0 Å². The number of hydrogen-bond acceptors (Lipinski definition) is 3. The topological polar surface area (TPSA) is 43.4 Å². The lowest BCUT2D eigenvalue weighted by Crippen LogP contribution is -2.14. The standard InChI is InChI=1S/C16H12F2O3/c1-10-3-2-4-12(9-10)15(20)14(19)11-5-7-13(8-6-11)21-16(17)18/h2-9,16H,1H3. The van der Waals surface area contributed by atoms with Crippen molar-refractivity contribution in [3.8, 4) is 5.75 Å². The summed E-state index contributed by atoms with van der Waals surface area (Å²) in [6.45, 7) is -1.11. The smallest absolute Gasteiger partial charge is 0.387 e. The number of halogens is 2. The van der Waals surface area contributed by atoms with Gasteiger partial charge in [0.1, 0.15) is 5.75 Å². The fourth-order valence-electron chi connectivity index (χ4n) is 1.84. The van der Waals surface area contributed by atoms with Crippen molar-refractivity contribution in [2.45, 2.75) is 13.5 Å². The average molecular weight is 290 g/mol. The van der Waals surface area contributed by atoms with Gasteiger partial charge in [-0.15, -0.1) is 0 Å². The lowest BCUT2D eigenvalue weighted by atomic mass is 10.0. The number of alkyl halides is 2. The molecule has 2 aromatic rings. The number of benzene rings is 2. The summed E-state index contributed by atoms with van der Waals surface area (Å²) in [6.07, 6.45) is 0. The normalized spacial score (nSPS) is 10.5. The van der Waals surface area contributed by atoms with E-state index in [0.717, 1.165) is 5.56 Å². The fourth-order valence-corrected chi connectivity index (χ4v) is 1.84. The van der Waals surface area contributed by atoms with E-state index in [1.807, 2.05) is 13.0 Å². The van der Waals surface area contributed by atoms with Crippen LogP contribution in [0.1, 0.15) is 26.3 Å². The van der Waals surface area contributed by atoms with Gasteiger partial charge in [0.2, 0.25) is 11.6 Å². The molecule has 5 heteroatoms. The minimum Gasteiger partial charge on any atom is -0.435 e. The first-order chi connectivity index (χ1) is 9.97. The molecule has 3 nitrogen and oxygen atoms in total. The Morgan fingerprint density at radius 3 is 2.14 bits per heavy atom. The third-order valence-corrected chi connectivity index (χ3v) is 2.83. The maximum Gasteiger partial charge on any atom is 0.387 e. The molecule has 21 heavy (non-hydrogen) atoms. The van der Waals surface area contributed by atoms with Crippen molar-refractivity contribution in [3.05, 3.63) is 65.2 Å². The van der Waals surface area contributed by atoms with Gasteiger partial charge in [0.15, 0.2) is 0 Å². The maximum absolute atomic E-state index is 12.1. The van der Waals surface area contributed by atoms with Crippen LogP contribution in [0.2, 0.25) is 0 Å². The first kappa shape index (κ1) is 14.8. The van der Waals surface area contributed by atoms with Gasteiger partial charge in [-0.05, 0) is 37.3 Å². The molecular formula is C16H12F2O3. The molecule has 0 amide bonds. The number of ketones is 2. The van der Waals surface area contributed by atoms with Crippen molar-refractivity contribution in [3.63, 3.8) is 0 Å². The summed E-state index contributed by atoms with van der Waals surface area (Å²) >= 11 is 0. The fraction of sp³-hybridized carbons (Fsp3) is 0.125. The quantitative estimate of drug-likeness (QED) is 0.623. The van der Waals surface area contributed by atoms with Crippen LogP contribution in [0, 0.1) is 6.92 Å². The van der Waals surface area contributed by atoms with Crippen LogP contribution in [0.25, 0.3) is 0 Å². The largest absolute Gasteiger partial charge is 0.435 e. The second-order valence-electron chi connectivity index (χ2n) is 4.43. The molecule has 0 unspecified atom stereocenters. The molecule has 2 aromatic carbocycles. The van der Waals surface area contributed by atoms with Crippen molar-refractivity contribution in [1.29, 1.82) is 0 Å². The monoisotopic (exact) mass is 290 g/mol. The Labute approximate surface area is 120 Å². The summed E-state index contributed by atoms with van der Waals surface area (Å²) in [7, 11) is 0. The molecule has 0 aromatic heterocycles. The Morgan fingerprint density at radius 2 is 1.57 bits per heavy atom. The van der Waals surface area contributed by atoms with Crippen LogP contribution in [0.5, 0.6) is 5.75 Å². The van der Waals surface area contributed by atoms with E-state index in [0.29, 0.717) is 5.56 Å². The first-order valence-corrected chi connectivity index (χ1v) is 6.18. The summed E-state index contributed by atoms with van der Waals surface area (Å²) in [6, 6.07) is 11.7. The highest BCUT2D eigenvalue weighted by atomic mass is 19.3. The van der Waals surface area contributed by atoms with Gasteiger partial charge in [0.25, 0.3) is 0 Å². The molecule has 0 saturated carbocycles. The molecular weight excluding hydrogens is 278 g/mol. The third kappa shape index (κ3) is 3.72. The summed E-state index contributed by atoms with van der Waals surface area (Å²) in [5.74, 6) is -1.39. The van der Waals surface area contributed by atoms with Gasteiger partial charge in [-0.1, -0.05) is 23.8 Å². The summed E-state index contributed by atoms with van der Waals surface area (Å²) in [5.41, 5.74) is 1.30. The zero-order valence-corrected chi connectivity index (χ0v) is 11.2. The van der Waals surface area contributed by atoms with Gasteiger partial charge in [-0.25, -0.2) is 0 Å². The van der Waals surface area contributed by atoms with Crippen LogP contribution < -0.4 is 4.74 Å². The molecule has 0 aliphatic carbocycles. The number of aryl methyl sites for hydroxylation is 1. The van der Waals surface area contributed by atoms with Crippen molar-refractivity contribution in [2.75, 3.05) is 0 Å². The minimum absolute atomic E-state index is 0.0652. The Kier molecular flexibility index (Phi) is 4.42. The number of carbonyl (C=O) groups is 2. The number of Topliss-reactive ketones (excluding diaryl/α,β-unsaturated/α-hetero) is 2. The van der Waals surface area contributed by atoms with Gasteiger partial charge < -0.3 is 4.74 Å². The Hall–Kier alpha value is -2.56. The van der Waals surface area contributed by atoms with Crippen LogP contribution in [-0.4, -0.2) is 18.2 Å². The minimum atomic E-state index is -2.93. The van der Waals surface area contributed by atoms with E-state index >= 15 is 0 Å². The number of ether oxygens (including phenoxy) is 1. The second kappa shape index (κ2) is 6.26. The van der Waals surface area contributed by atoms with Gasteiger partial charge in [-0.3, -0.25) is 9.59 Å². The van der Waals surface area contributed by atoms with Crippen molar-refractivity contribution >= 4 is 11.6 Å². The highest BCUT2D eigenvalue weighted by molar-refractivity contribution is 6.49. The molecule has 2 rings (SSSR count). The second-order valence-corrected chi connectivity index (χ2v) is 4.43. The van der Waals surface area contributed by atoms with Gasteiger partial charge in [-0.2, -0.15) is 8.78 Å². The predicted octanol–water partition coefficient (Wildman–Crippen LogP) is 3.66. The Balaban J connectivity index is 2.18. The van der Waals surface area contributed by atoms with E-state index < -0.39 is 18.2 Å². The molecule has 0 heterocycles. The predicted molar refractivity (Wildman–Crippen MR) is 72.9 cm³/mol. The van der Waals surface area contributed by atoms with E-state index in [2.05, 4.69) is 4.74 Å². The SMILES string of the molecule is Cc1cccc(C(=O)C(=O)c2ccc(OC(F)F)cc2)c1. The molecule has 0 spiro atoms. The number of carbonyl (C=O) groups excluding carboxylic acids is 2. The summed E-state index contributed by atoms with van der Waals surface area (Å²) in [5, 5.41) is 0. The summed E-state index contributed by atoms with van der Waals surface area (Å²) in [4.78, 5) is 24.1. The maximum atomic E-state index is 12.1. The van der Waals surface area contributed by atoms with Crippen LogP contribution in [0.3, 0.4) is 0 Å². The van der Waals surface area contributed by atoms with Crippen LogP contribution in [-0.2, 0) is 0 Å². The average Bonchev–Trinajstić information content (AvgIpc) is 2.46. The highest BCUT2D eigenvalue weighted by Gasteiger charge is 2.18. The van der Waals surface area contributed by atoms with Gasteiger partial charge in [0, 0.05) is 11.1 Å². The van der Waals surface area contributed by atoms with Crippen LogP contribution in [0.15, 0.2) is 48.5 Å². The molecule has 0 atom stereocenters. The molecule has 0 bridgehead atoms. The molecule has 0 radical (unpaired) electrons. The van der Waals surface area contributed by atoms with E-state index in [4.69, 9.17) is 0 Å². The lowest BCUT2D eigenvalue weighted by molar-refractivity contribution is -0.0498. The first-order valence-electron chi connectivity index (χ1n) is 6.18. The molecule has 108 valence electrons. The van der Waals surface area contributed by atoms with E-state index in [1.54, 1.807) is 18.2 Å². The number of hydrogen-bond donors (Lipinski definition) is 0. The van der Waals surface area contributed by atoms with E-state index in [1.165, 1.54) is 24.3 Å². The van der Waals surface area contributed by atoms with Gasteiger partial charge >= 0.3 is 6.61 Å². The highest BCUT2D eigenvalue weighted by Crippen LogP contribution is 2.16. The molecule has 0 aliphatic heterocycles. The van der Waals surface area contributed by atoms with Crippen molar-refractivity contribution in [2.24, 2.45) is 0 Å². The van der Waals surface area contributed by atoms with Crippen molar-refractivity contribution in [1.82, 2.24) is 0 Å². The molecule has 0 N–H and O–H groups in total. The van der Waals surface area contributed by atoms with Crippen molar-refractivity contribution < 1.29 is 23.1 Å². The zero-order valence-electron chi connectivity index (χ0n) is 11.2. The van der Waals surface area contributed by atoms with Crippen LogP contribution >= 0.6 is 0 Å². The third-order valence-electron chi connectivity index (χ3n) is 2.83. The lowest BCUT2D eigenvalue weighted by Gasteiger charge is -2.05. The summed E-state index contributed by atoms with van der Waals surface area (Å²) < 4.78 is 28.2. The zero-order chi connectivity index (χ0) is 15.4. The number of rotatable bonds is 5.